The predicted octanol–water partition coefficient (Wildman–Crippen LogP) is 4.19. The van der Waals surface area contributed by atoms with Crippen LogP contribution in [0.25, 0.3) is 0 Å². The molecule has 0 amide bonds. The number of fused-ring (bicyclic) bond motifs is 1. The molecule has 17 heavy (non-hydrogen) atoms. The minimum absolute atomic E-state index is 0.680. The molecule has 0 aliphatic heterocycles. The van der Waals surface area contributed by atoms with Crippen LogP contribution in [0.15, 0.2) is 24.3 Å². The van der Waals surface area contributed by atoms with Crippen molar-refractivity contribution >= 4 is 0 Å². The monoisotopic (exact) mass is 231 g/mol. The highest BCUT2D eigenvalue weighted by molar-refractivity contribution is 5.32. The summed E-state index contributed by atoms with van der Waals surface area (Å²) in [6.45, 7) is 7.06. The number of hydrogen-bond donors (Lipinski definition) is 0. The van der Waals surface area contributed by atoms with Crippen molar-refractivity contribution in [2.75, 3.05) is 13.1 Å². The molecule has 2 rings (SSSR count). The largest absolute Gasteiger partial charge is 0.296 e. The third-order valence-corrected chi connectivity index (χ3v) is 3.80. The highest BCUT2D eigenvalue weighted by atomic mass is 15.1. The maximum Gasteiger partial charge on any atom is 0.0350 e. The predicted molar refractivity (Wildman–Crippen MR) is 74.3 cm³/mol. The Balaban J connectivity index is 2.20. The minimum Gasteiger partial charge on any atom is -0.296 e. The van der Waals surface area contributed by atoms with Gasteiger partial charge in [0.2, 0.25) is 0 Å². The fourth-order valence-electron chi connectivity index (χ4n) is 3.11. The van der Waals surface area contributed by atoms with Crippen LogP contribution in [0.1, 0.15) is 56.7 Å². The van der Waals surface area contributed by atoms with E-state index in [1.807, 2.05) is 0 Å². The van der Waals surface area contributed by atoms with Gasteiger partial charge in [-0.25, -0.2) is 0 Å². The molecule has 0 heterocycles. The summed E-state index contributed by atoms with van der Waals surface area (Å²) in [5, 5.41) is 0. The molecule has 0 spiro atoms. The molecule has 0 aromatic heterocycles. The molecule has 94 valence electrons. The molecule has 1 aliphatic carbocycles. The molecule has 0 bridgehead atoms. The van der Waals surface area contributed by atoms with E-state index in [9.17, 15) is 0 Å². The van der Waals surface area contributed by atoms with Gasteiger partial charge in [0.1, 0.15) is 0 Å². The molecule has 1 aliphatic rings. The Kier molecular flexibility index (Phi) is 4.61. The van der Waals surface area contributed by atoms with Gasteiger partial charge in [0.15, 0.2) is 0 Å². The van der Waals surface area contributed by atoms with Crippen LogP contribution in [0.4, 0.5) is 0 Å². The summed E-state index contributed by atoms with van der Waals surface area (Å²) in [5.41, 5.74) is 3.18. The molecule has 1 heteroatoms. The summed E-state index contributed by atoms with van der Waals surface area (Å²) in [4.78, 5) is 2.69. The summed E-state index contributed by atoms with van der Waals surface area (Å²) < 4.78 is 0. The van der Waals surface area contributed by atoms with Crippen LogP contribution >= 0.6 is 0 Å². The quantitative estimate of drug-likeness (QED) is 0.734. The molecule has 1 aromatic rings. The van der Waals surface area contributed by atoms with E-state index in [-0.39, 0.29) is 0 Å². The number of nitrogens with zero attached hydrogens (tertiary/aromatic N) is 1. The van der Waals surface area contributed by atoms with Crippen molar-refractivity contribution < 1.29 is 0 Å². The Morgan fingerprint density at radius 3 is 2.53 bits per heavy atom. The zero-order valence-electron chi connectivity index (χ0n) is 11.3. The summed E-state index contributed by atoms with van der Waals surface area (Å²) in [6, 6.07) is 9.73. The van der Waals surface area contributed by atoms with Crippen molar-refractivity contribution in [1.82, 2.24) is 4.90 Å². The fraction of sp³-hybridized carbons (Fsp3) is 0.625. The normalized spacial score (nSPS) is 19.4. The van der Waals surface area contributed by atoms with E-state index in [1.54, 1.807) is 11.1 Å². The SMILES string of the molecule is CCCN(CCC)[C@H]1CCCc2ccccc21. The van der Waals surface area contributed by atoms with E-state index in [4.69, 9.17) is 0 Å². The van der Waals surface area contributed by atoms with Crippen LogP contribution in [-0.2, 0) is 6.42 Å². The van der Waals surface area contributed by atoms with Gasteiger partial charge in [-0.3, -0.25) is 4.90 Å². The standard InChI is InChI=1S/C16H25N/c1-3-12-17(13-4-2)16-11-7-9-14-8-5-6-10-15(14)16/h5-6,8,10,16H,3-4,7,9,11-13H2,1-2H3/t16-/m0/s1. The van der Waals surface area contributed by atoms with E-state index in [0.717, 1.165) is 0 Å². The van der Waals surface area contributed by atoms with E-state index >= 15 is 0 Å². The number of hydrogen-bond acceptors (Lipinski definition) is 1. The number of rotatable bonds is 5. The summed E-state index contributed by atoms with van der Waals surface area (Å²) >= 11 is 0. The zero-order valence-corrected chi connectivity index (χ0v) is 11.3. The second-order valence-electron chi connectivity index (χ2n) is 5.14. The number of benzene rings is 1. The Morgan fingerprint density at radius 1 is 1.12 bits per heavy atom. The van der Waals surface area contributed by atoms with Gasteiger partial charge in [-0.15, -0.1) is 0 Å². The van der Waals surface area contributed by atoms with Crippen molar-refractivity contribution in [1.29, 1.82) is 0 Å². The summed E-state index contributed by atoms with van der Waals surface area (Å²) in [6.07, 6.45) is 6.50. The molecule has 0 unspecified atom stereocenters. The van der Waals surface area contributed by atoms with Crippen LogP contribution in [0.5, 0.6) is 0 Å². The highest BCUT2D eigenvalue weighted by Crippen LogP contribution is 2.34. The summed E-state index contributed by atoms with van der Waals surface area (Å²) in [7, 11) is 0. The Labute approximate surface area is 106 Å². The van der Waals surface area contributed by atoms with Gasteiger partial charge in [-0.05, 0) is 56.3 Å². The molecule has 0 N–H and O–H groups in total. The minimum atomic E-state index is 0.680. The highest BCUT2D eigenvalue weighted by Gasteiger charge is 2.24. The molecule has 0 saturated carbocycles. The van der Waals surface area contributed by atoms with Crippen molar-refractivity contribution in [3.8, 4) is 0 Å². The van der Waals surface area contributed by atoms with Gasteiger partial charge >= 0.3 is 0 Å². The van der Waals surface area contributed by atoms with Gasteiger partial charge in [0.25, 0.3) is 0 Å². The third-order valence-electron chi connectivity index (χ3n) is 3.80. The second kappa shape index (κ2) is 6.20. The van der Waals surface area contributed by atoms with Crippen LogP contribution < -0.4 is 0 Å². The lowest BCUT2D eigenvalue weighted by molar-refractivity contribution is 0.179. The number of aryl methyl sites for hydroxylation is 1. The smallest absolute Gasteiger partial charge is 0.0350 e. The summed E-state index contributed by atoms with van der Waals surface area (Å²) in [5.74, 6) is 0. The molecular formula is C16H25N. The Morgan fingerprint density at radius 2 is 1.82 bits per heavy atom. The molecule has 1 nitrogen and oxygen atoms in total. The first-order chi connectivity index (χ1) is 8.36. The van der Waals surface area contributed by atoms with Crippen LogP contribution in [0, 0.1) is 0 Å². The van der Waals surface area contributed by atoms with Gasteiger partial charge in [0, 0.05) is 6.04 Å². The average molecular weight is 231 g/mol. The molecule has 1 aromatic carbocycles. The lowest BCUT2D eigenvalue weighted by atomic mass is 9.86. The van der Waals surface area contributed by atoms with Crippen LogP contribution in [0.3, 0.4) is 0 Å². The van der Waals surface area contributed by atoms with Gasteiger partial charge in [-0.1, -0.05) is 38.1 Å². The molecule has 0 radical (unpaired) electrons. The lowest BCUT2D eigenvalue weighted by Gasteiger charge is -2.35. The zero-order chi connectivity index (χ0) is 12.1. The third kappa shape index (κ3) is 2.90. The average Bonchev–Trinajstić information content (AvgIpc) is 2.38. The van der Waals surface area contributed by atoms with Crippen molar-refractivity contribution in [3.63, 3.8) is 0 Å². The van der Waals surface area contributed by atoms with Crippen LogP contribution in [-0.4, -0.2) is 18.0 Å². The van der Waals surface area contributed by atoms with Crippen molar-refractivity contribution in [2.45, 2.75) is 52.0 Å². The van der Waals surface area contributed by atoms with E-state index < -0.39 is 0 Å². The second-order valence-corrected chi connectivity index (χ2v) is 5.14. The van der Waals surface area contributed by atoms with Gasteiger partial charge < -0.3 is 0 Å². The maximum absolute atomic E-state index is 2.69. The Bertz CT molecular complexity index is 339. The first-order valence-electron chi connectivity index (χ1n) is 7.18. The van der Waals surface area contributed by atoms with Gasteiger partial charge in [0.05, 0.1) is 0 Å². The first-order valence-corrected chi connectivity index (χ1v) is 7.18. The topological polar surface area (TPSA) is 3.24 Å². The molecular weight excluding hydrogens is 206 g/mol. The molecule has 0 fully saturated rings. The van der Waals surface area contributed by atoms with E-state index in [1.165, 1.54) is 45.2 Å². The maximum atomic E-state index is 2.69. The molecule has 1 atom stereocenters. The Hall–Kier alpha value is -0.820. The molecule has 0 saturated heterocycles. The van der Waals surface area contributed by atoms with Crippen molar-refractivity contribution in [2.24, 2.45) is 0 Å². The van der Waals surface area contributed by atoms with E-state index in [0.29, 0.717) is 6.04 Å². The van der Waals surface area contributed by atoms with Crippen molar-refractivity contribution in [3.05, 3.63) is 35.4 Å². The lowest BCUT2D eigenvalue weighted by Crippen LogP contribution is -2.32. The van der Waals surface area contributed by atoms with Crippen LogP contribution in [0.2, 0.25) is 0 Å². The van der Waals surface area contributed by atoms with E-state index in [2.05, 4.69) is 43.0 Å². The van der Waals surface area contributed by atoms with Gasteiger partial charge in [-0.2, -0.15) is 0 Å². The first kappa shape index (κ1) is 12.6. The fourth-order valence-corrected chi connectivity index (χ4v) is 3.11.